The predicted octanol–water partition coefficient (Wildman–Crippen LogP) is 4.72. The molecule has 1 atom stereocenters. The van der Waals surface area contributed by atoms with Crippen LogP contribution in [-0.4, -0.2) is 120 Å². The van der Waals surface area contributed by atoms with Crippen LogP contribution in [0.3, 0.4) is 0 Å². The van der Waals surface area contributed by atoms with Crippen LogP contribution in [-0.2, 0) is 22.6 Å². The molecule has 4 aromatic carbocycles. The smallest absolute Gasteiger partial charge is 0.262 e. The van der Waals surface area contributed by atoms with Crippen LogP contribution >= 0.6 is 0 Å². The number of anilines is 3. The third kappa shape index (κ3) is 8.37. The minimum Gasteiger partial charge on any atom is -0.382 e. The predicted molar refractivity (Wildman–Crippen MR) is 225 cm³/mol. The number of fused-ring (bicyclic) bond motifs is 2. The standard InChI is InChI=1S/C45H44F3N9O5/c46-9-10-49-38-21-32(3-5-34(38)42(59)51-41-36-18-26(2-6-37(36)52-53-41)15-28-16-30(47)20-31(48)17-28)56-13-11-54(12-14-56)23-29-24-55(25-29)22-27-1-4-33-35(19-27)45(62)57(44(33)61)39-7-8-40(58)50-43(39)60/h1-6,16-21,29,39,49H,7-15,22-25H2,(H,50,58,60)(H2,51,52,53,59). The van der Waals surface area contributed by atoms with Crippen LogP contribution in [0.25, 0.3) is 10.9 Å². The molecule has 17 heteroatoms. The lowest BCUT2D eigenvalue weighted by atomic mass is 9.97. The Kier molecular flexibility index (Phi) is 11.2. The number of carbonyl (C=O) groups is 5. The maximum Gasteiger partial charge on any atom is 0.262 e. The molecular formula is C45H44F3N9O5. The van der Waals surface area contributed by atoms with Crippen molar-refractivity contribution in [2.45, 2.75) is 31.8 Å². The maximum absolute atomic E-state index is 13.8. The van der Waals surface area contributed by atoms with E-state index in [0.717, 1.165) is 73.6 Å². The zero-order valence-corrected chi connectivity index (χ0v) is 33.7. The first-order chi connectivity index (χ1) is 30.0. The monoisotopic (exact) mass is 847 g/mol. The largest absolute Gasteiger partial charge is 0.382 e. The van der Waals surface area contributed by atoms with E-state index in [-0.39, 0.29) is 36.9 Å². The Hall–Kier alpha value is -6.59. The molecule has 4 aliphatic rings. The summed E-state index contributed by atoms with van der Waals surface area (Å²) < 4.78 is 41.0. The molecule has 5 aromatic rings. The third-order valence-electron chi connectivity index (χ3n) is 12.0. The van der Waals surface area contributed by atoms with Gasteiger partial charge in [-0.05, 0) is 90.0 Å². The fourth-order valence-corrected chi connectivity index (χ4v) is 9.00. The van der Waals surface area contributed by atoms with Crippen molar-refractivity contribution in [3.8, 4) is 0 Å². The Balaban J connectivity index is 0.774. The SMILES string of the molecule is O=C1CCC(N2C(=O)c3ccc(CN4CC(CN5CCN(c6ccc(C(=O)Nc7n[nH]c8ccc(Cc9cc(F)cc(F)c9)cc78)c(NCCF)c6)CC5)C4)cc3C2=O)C(=O)N1. The number of nitrogens with zero attached hydrogens (tertiary/aromatic N) is 5. The number of piperidine rings is 1. The number of amides is 5. The van der Waals surface area contributed by atoms with Crippen LogP contribution in [0.4, 0.5) is 30.4 Å². The second-order valence-corrected chi connectivity index (χ2v) is 16.4. The first kappa shape index (κ1) is 40.8. The van der Waals surface area contributed by atoms with Crippen LogP contribution in [0.1, 0.15) is 60.6 Å². The molecule has 14 nitrogen and oxygen atoms in total. The molecule has 3 saturated heterocycles. The number of likely N-dealkylation sites (tertiary alicyclic amines) is 1. The number of hydrogen-bond acceptors (Lipinski definition) is 10. The van der Waals surface area contributed by atoms with Gasteiger partial charge in [-0.2, -0.15) is 5.10 Å². The fraction of sp³-hybridized carbons (Fsp3) is 0.333. The molecule has 0 radical (unpaired) electrons. The molecule has 0 aliphatic carbocycles. The van der Waals surface area contributed by atoms with E-state index < -0.39 is 53.9 Å². The summed E-state index contributed by atoms with van der Waals surface area (Å²) in [6.45, 7) is 6.00. The summed E-state index contributed by atoms with van der Waals surface area (Å²) in [5.74, 6) is -3.03. The molecule has 5 heterocycles. The average molecular weight is 848 g/mol. The van der Waals surface area contributed by atoms with Gasteiger partial charge < -0.3 is 15.5 Å². The number of halogens is 3. The molecule has 0 spiro atoms. The van der Waals surface area contributed by atoms with Gasteiger partial charge in [0.25, 0.3) is 17.7 Å². The van der Waals surface area contributed by atoms with Crippen molar-refractivity contribution in [2.75, 3.05) is 74.6 Å². The van der Waals surface area contributed by atoms with E-state index in [1.54, 1.807) is 24.3 Å². The molecule has 1 aromatic heterocycles. The number of alkyl halides is 1. The Morgan fingerprint density at radius 3 is 2.32 bits per heavy atom. The fourth-order valence-electron chi connectivity index (χ4n) is 9.00. The third-order valence-corrected chi connectivity index (χ3v) is 12.0. The minimum atomic E-state index is -0.993. The Morgan fingerprint density at radius 2 is 1.56 bits per heavy atom. The van der Waals surface area contributed by atoms with Crippen LogP contribution in [0.5, 0.6) is 0 Å². The molecule has 1 unspecified atom stereocenters. The summed E-state index contributed by atoms with van der Waals surface area (Å²) in [5.41, 5.74) is 5.12. The number of piperazine rings is 1. The average Bonchev–Trinajstić information content (AvgIpc) is 3.74. The lowest BCUT2D eigenvalue weighted by molar-refractivity contribution is -0.136. The minimum absolute atomic E-state index is 0.0265. The van der Waals surface area contributed by atoms with Crippen LogP contribution in [0, 0.1) is 17.6 Å². The highest BCUT2D eigenvalue weighted by Crippen LogP contribution is 2.31. The van der Waals surface area contributed by atoms with Gasteiger partial charge >= 0.3 is 0 Å². The highest BCUT2D eigenvalue weighted by Gasteiger charge is 2.44. The highest BCUT2D eigenvalue weighted by atomic mass is 19.1. The molecular weight excluding hydrogens is 804 g/mol. The number of aromatic nitrogens is 2. The topological polar surface area (TPSA) is 163 Å². The number of imide groups is 2. The van der Waals surface area contributed by atoms with Crippen LogP contribution in [0.15, 0.2) is 72.8 Å². The van der Waals surface area contributed by atoms with Crippen molar-refractivity contribution in [3.63, 3.8) is 0 Å². The van der Waals surface area contributed by atoms with Crippen LogP contribution < -0.4 is 20.9 Å². The first-order valence-electron chi connectivity index (χ1n) is 20.7. The second kappa shape index (κ2) is 17.1. The van der Waals surface area contributed by atoms with Crippen molar-refractivity contribution in [1.29, 1.82) is 0 Å². The van der Waals surface area contributed by atoms with Gasteiger partial charge in [-0.25, -0.2) is 13.2 Å². The van der Waals surface area contributed by atoms with Gasteiger partial charge in [0, 0.05) is 88.2 Å². The van der Waals surface area contributed by atoms with Gasteiger partial charge in [0.15, 0.2) is 5.82 Å². The summed E-state index contributed by atoms with van der Waals surface area (Å²) in [6.07, 6.45) is 0.466. The number of H-pyrrole nitrogens is 1. The molecule has 320 valence electrons. The highest BCUT2D eigenvalue weighted by molar-refractivity contribution is 6.23. The van der Waals surface area contributed by atoms with Gasteiger partial charge in [0.05, 0.1) is 22.2 Å². The molecule has 9 rings (SSSR count). The summed E-state index contributed by atoms with van der Waals surface area (Å²) in [6, 6.07) is 18.6. The number of aromatic amines is 1. The van der Waals surface area contributed by atoms with Gasteiger partial charge in [0.1, 0.15) is 24.4 Å². The van der Waals surface area contributed by atoms with E-state index in [9.17, 15) is 37.1 Å². The van der Waals surface area contributed by atoms with E-state index in [1.165, 1.54) is 12.1 Å². The summed E-state index contributed by atoms with van der Waals surface area (Å²) >= 11 is 0. The van der Waals surface area contributed by atoms with E-state index in [0.29, 0.717) is 46.0 Å². The summed E-state index contributed by atoms with van der Waals surface area (Å²) in [7, 11) is 0. The first-order valence-corrected chi connectivity index (χ1v) is 20.7. The number of rotatable bonds is 13. The lowest BCUT2D eigenvalue weighted by Crippen LogP contribution is -2.54. The molecule has 0 bridgehead atoms. The Labute approximate surface area is 354 Å². The quantitative estimate of drug-likeness (QED) is 0.122. The molecule has 4 aliphatic heterocycles. The normalized spacial score (nSPS) is 18.6. The number of hydrogen-bond donors (Lipinski definition) is 4. The summed E-state index contributed by atoms with van der Waals surface area (Å²) in [5, 5.41) is 16.0. The van der Waals surface area contributed by atoms with Crippen molar-refractivity contribution < 1.29 is 37.1 Å². The number of carbonyl (C=O) groups excluding carboxylic acids is 5. The van der Waals surface area contributed by atoms with Crippen molar-refractivity contribution in [3.05, 3.63) is 118 Å². The molecule has 0 saturated carbocycles. The summed E-state index contributed by atoms with van der Waals surface area (Å²) in [4.78, 5) is 72.0. The molecule has 5 amide bonds. The van der Waals surface area contributed by atoms with Crippen molar-refractivity contribution >= 4 is 57.6 Å². The lowest BCUT2D eigenvalue weighted by Gasteiger charge is -2.44. The van der Waals surface area contributed by atoms with Gasteiger partial charge in [-0.3, -0.25) is 49.1 Å². The van der Waals surface area contributed by atoms with Crippen molar-refractivity contribution in [2.24, 2.45) is 5.92 Å². The molecule has 4 N–H and O–H groups in total. The molecule has 62 heavy (non-hydrogen) atoms. The number of nitrogens with one attached hydrogen (secondary N) is 4. The zero-order chi connectivity index (χ0) is 43.1. The maximum atomic E-state index is 13.8. The Morgan fingerprint density at radius 1 is 0.806 bits per heavy atom. The Bertz CT molecular complexity index is 2580. The van der Waals surface area contributed by atoms with Crippen LogP contribution in [0.2, 0.25) is 0 Å². The zero-order valence-electron chi connectivity index (χ0n) is 33.7. The van der Waals surface area contributed by atoms with Gasteiger partial charge in [-0.1, -0.05) is 12.1 Å². The van der Waals surface area contributed by atoms with E-state index in [2.05, 4.69) is 40.8 Å². The number of benzene rings is 4. The van der Waals surface area contributed by atoms with E-state index in [1.807, 2.05) is 30.3 Å². The second-order valence-electron chi connectivity index (χ2n) is 16.4. The van der Waals surface area contributed by atoms with Gasteiger partial charge in [-0.15, -0.1) is 0 Å². The van der Waals surface area contributed by atoms with Gasteiger partial charge in [0.2, 0.25) is 11.8 Å². The molecule has 3 fully saturated rings. The van der Waals surface area contributed by atoms with E-state index in [4.69, 9.17) is 0 Å². The van der Waals surface area contributed by atoms with Crippen molar-refractivity contribution in [1.82, 2.24) is 30.2 Å². The van der Waals surface area contributed by atoms with E-state index >= 15 is 0 Å².